The Morgan fingerprint density at radius 2 is 1.62 bits per heavy atom. The highest BCUT2D eigenvalue weighted by Gasteiger charge is 2.51. The lowest BCUT2D eigenvalue weighted by molar-refractivity contribution is 0.0106. The molecule has 1 aromatic heterocycles. The molecule has 1 aromatic carbocycles. The fourth-order valence-corrected chi connectivity index (χ4v) is 5.95. The largest absolute Gasteiger partial charge is 0.437 e. The van der Waals surface area contributed by atoms with Gasteiger partial charge in [0.25, 0.3) is 0 Å². The van der Waals surface area contributed by atoms with E-state index in [0.29, 0.717) is 23.1 Å². The zero-order chi connectivity index (χ0) is 17.7. The summed E-state index contributed by atoms with van der Waals surface area (Å²) in [6, 6.07) is 7.64. The smallest absolute Gasteiger partial charge is 0.248 e. The van der Waals surface area contributed by atoms with Gasteiger partial charge in [0.15, 0.2) is 5.82 Å². The highest BCUT2D eigenvalue weighted by molar-refractivity contribution is 9.10. The normalized spacial score (nSPS) is 31.8. The van der Waals surface area contributed by atoms with Gasteiger partial charge < -0.3 is 15.8 Å². The monoisotopic (exact) mass is 414 g/mol. The molecular weight excluding hydrogens is 392 g/mol. The number of rotatable bonds is 4. The van der Waals surface area contributed by atoms with E-state index in [9.17, 15) is 0 Å². The summed E-state index contributed by atoms with van der Waals surface area (Å²) in [5, 5.41) is 3.73. The molecular formula is C20H23BrN4O. The minimum absolute atomic E-state index is 0.159. The molecule has 0 saturated heterocycles. The van der Waals surface area contributed by atoms with Crippen molar-refractivity contribution in [2.45, 2.75) is 44.1 Å². The summed E-state index contributed by atoms with van der Waals surface area (Å²) in [7, 11) is 0. The molecule has 0 radical (unpaired) electrons. The van der Waals surface area contributed by atoms with Gasteiger partial charge in [-0.1, -0.05) is 15.9 Å². The number of nitrogens with zero attached hydrogens (tertiary/aromatic N) is 2. The Bertz CT molecular complexity index is 788. The van der Waals surface area contributed by atoms with E-state index in [2.05, 4.69) is 31.2 Å². The second-order valence-electron chi connectivity index (χ2n) is 8.32. The third kappa shape index (κ3) is 2.94. The highest BCUT2D eigenvalue weighted by atomic mass is 79.9. The van der Waals surface area contributed by atoms with Gasteiger partial charge in [-0.05, 0) is 80.5 Å². The van der Waals surface area contributed by atoms with Crippen LogP contribution in [-0.4, -0.2) is 15.5 Å². The summed E-state index contributed by atoms with van der Waals surface area (Å²) in [6.07, 6.45) is 9.50. The maximum atomic E-state index is 6.37. The number of nitrogen functional groups attached to an aromatic ring is 1. The van der Waals surface area contributed by atoms with E-state index in [1.54, 1.807) is 0 Å². The van der Waals surface area contributed by atoms with Crippen molar-refractivity contribution in [1.82, 2.24) is 9.97 Å². The van der Waals surface area contributed by atoms with E-state index in [-0.39, 0.29) is 5.54 Å². The molecule has 4 fully saturated rings. The molecule has 4 saturated carbocycles. The van der Waals surface area contributed by atoms with Gasteiger partial charge in [-0.25, -0.2) is 4.98 Å². The number of ether oxygens (including phenoxy) is 1. The van der Waals surface area contributed by atoms with Gasteiger partial charge in [-0.2, -0.15) is 4.98 Å². The molecule has 0 atom stereocenters. The van der Waals surface area contributed by atoms with Crippen molar-refractivity contribution in [1.29, 1.82) is 0 Å². The molecule has 5 nitrogen and oxygen atoms in total. The summed E-state index contributed by atoms with van der Waals surface area (Å²) >= 11 is 3.43. The number of anilines is 2. The van der Waals surface area contributed by atoms with E-state index in [0.717, 1.165) is 22.2 Å². The highest BCUT2D eigenvalue weighted by Crippen LogP contribution is 2.56. The van der Waals surface area contributed by atoms with Crippen molar-refractivity contribution in [3.63, 3.8) is 0 Å². The fraction of sp³-hybridized carbons (Fsp3) is 0.500. The molecule has 6 heteroatoms. The Balaban J connectivity index is 1.39. The fourth-order valence-electron chi connectivity index (χ4n) is 5.69. The van der Waals surface area contributed by atoms with E-state index in [1.165, 1.54) is 44.9 Å². The van der Waals surface area contributed by atoms with Gasteiger partial charge in [-0.15, -0.1) is 0 Å². The Labute approximate surface area is 161 Å². The third-order valence-electron chi connectivity index (χ3n) is 6.30. The molecule has 3 N–H and O–H groups in total. The molecule has 0 unspecified atom stereocenters. The first-order valence-electron chi connectivity index (χ1n) is 9.41. The third-order valence-corrected chi connectivity index (χ3v) is 6.83. The second kappa shape index (κ2) is 6.12. The van der Waals surface area contributed by atoms with Crippen LogP contribution in [0, 0.1) is 17.8 Å². The van der Waals surface area contributed by atoms with Gasteiger partial charge in [-0.3, -0.25) is 0 Å². The van der Waals surface area contributed by atoms with Crippen molar-refractivity contribution in [2.75, 3.05) is 11.1 Å². The number of nitrogens with one attached hydrogen (secondary N) is 1. The number of nitrogens with two attached hydrogens (primary N) is 1. The Kier molecular flexibility index (Phi) is 3.85. The first kappa shape index (κ1) is 16.4. The zero-order valence-corrected chi connectivity index (χ0v) is 16.2. The van der Waals surface area contributed by atoms with Gasteiger partial charge in [0, 0.05) is 10.0 Å². The number of benzene rings is 1. The minimum atomic E-state index is 0.159. The minimum Gasteiger partial charge on any atom is -0.437 e. The summed E-state index contributed by atoms with van der Waals surface area (Å²) < 4.78 is 6.89. The Hall–Kier alpha value is -1.82. The van der Waals surface area contributed by atoms with Crippen molar-refractivity contribution in [2.24, 2.45) is 17.8 Å². The molecule has 26 heavy (non-hydrogen) atoms. The van der Waals surface area contributed by atoms with Crippen LogP contribution < -0.4 is 15.8 Å². The summed E-state index contributed by atoms with van der Waals surface area (Å²) in [5.41, 5.74) is 7.02. The maximum Gasteiger partial charge on any atom is 0.248 e. The van der Waals surface area contributed by atoms with E-state index in [1.807, 2.05) is 24.3 Å². The van der Waals surface area contributed by atoms with Crippen molar-refractivity contribution >= 4 is 27.4 Å². The van der Waals surface area contributed by atoms with Gasteiger partial charge in [0.1, 0.15) is 17.8 Å². The second-order valence-corrected chi connectivity index (χ2v) is 9.24. The predicted octanol–water partition coefficient (Wildman–Crippen LogP) is 4.99. The summed E-state index contributed by atoms with van der Waals surface area (Å²) in [5.74, 6) is 4.45. The van der Waals surface area contributed by atoms with E-state index in [4.69, 9.17) is 10.5 Å². The van der Waals surface area contributed by atoms with Crippen molar-refractivity contribution < 1.29 is 4.74 Å². The van der Waals surface area contributed by atoms with Crippen LogP contribution in [0.25, 0.3) is 0 Å². The van der Waals surface area contributed by atoms with Crippen molar-refractivity contribution in [3.05, 3.63) is 35.1 Å². The van der Waals surface area contributed by atoms with E-state index < -0.39 is 0 Å². The first-order valence-corrected chi connectivity index (χ1v) is 10.2. The lowest BCUT2D eigenvalue weighted by Crippen LogP contribution is -2.55. The SMILES string of the molecule is Nc1c(NC23CC4CC(CC(C4)C2)C3)ncnc1Oc1ccc(Br)cc1. The van der Waals surface area contributed by atoms with Crippen LogP contribution in [0.3, 0.4) is 0 Å². The maximum absolute atomic E-state index is 6.37. The summed E-state index contributed by atoms with van der Waals surface area (Å²) in [6.45, 7) is 0. The quantitative estimate of drug-likeness (QED) is 0.736. The molecule has 6 rings (SSSR count). The first-order chi connectivity index (χ1) is 12.6. The van der Waals surface area contributed by atoms with Crippen LogP contribution in [0.4, 0.5) is 11.5 Å². The van der Waals surface area contributed by atoms with Gasteiger partial charge in [0.05, 0.1) is 0 Å². The molecule has 1 heterocycles. The van der Waals surface area contributed by atoms with Crippen LogP contribution >= 0.6 is 15.9 Å². The van der Waals surface area contributed by atoms with Crippen LogP contribution in [-0.2, 0) is 0 Å². The molecule has 2 aromatic rings. The zero-order valence-electron chi connectivity index (χ0n) is 14.6. The molecule has 0 aliphatic heterocycles. The molecule has 4 bridgehead atoms. The lowest BCUT2D eigenvalue weighted by atomic mass is 9.53. The van der Waals surface area contributed by atoms with Crippen LogP contribution in [0.5, 0.6) is 11.6 Å². The average molecular weight is 415 g/mol. The Morgan fingerprint density at radius 3 is 2.23 bits per heavy atom. The molecule has 0 spiro atoms. The van der Waals surface area contributed by atoms with Crippen LogP contribution in [0.1, 0.15) is 38.5 Å². The van der Waals surface area contributed by atoms with Gasteiger partial charge in [0.2, 0.25) is 5.88 Å². The standard InChI is InChI=1S/C20H23BrN4O/c21-15-1-3-16(4-2-15)26-19-17(22)18(23-11-24-19)25-20-8-12-5-13(9-20)7-14(6-12)10-20/h1-4,11-14H,5-10,22H2,(H,23,24,25). The topological polar surface area (TPSA) is 73.1 Å². The summed E-state index contributed by atoms with van der Waals surface area (Å²) in [4.78, 5) is 8.68. The average Bonchev–Trinajstić information content (AvgIpc) is 2.59. The predicted molar refractivity (Wildman–Crippen MR) is 105 cm³/mol. The van der Waals surface area contributed by atoms with Crippen LogP contribution in [0.2, 0.25) is 0 Å². The van der Waals surface area contributed by atoms with Crippen LogP contribution in [0.15, 0.2) is 35.1 Å². The molecule has 0 amide bonds. The number of hydrogen-bond acceptors (Lipinski definition) is 5. The molecule has 4 aliphatic carbocycles. The van der Waals surface area contributed by atoms with E-state index >= 15 is 0 Å². The van der Waals surface area contributed by atoms with Crippen molar-refractivity contribution in [3.8, 4) is 11.6 Å². The Morgan fingerprint density at radius 1 is 1.00 bits per heavy atom. The number of aromatic nitrogens is 2. The lowest BCUT2D eigenvalue weighted by Gasteiger charge is -2.57. The number of hydrogen-bond donors (Lipinski definition) is 2. The number of halogens is 1. The van der Waals surface area contributed by atoms with Gasteiger partial charge >= 0.3 is 0 Å². The molecule has 4 aliphatic rings. The molecule has 136 valence electrons.